The highest BCUT2D eigenvalue weighted by Gasteiger charge is 2.47. The van der Waals surface area contributed by atoms with E-state index < -0.39 is 12.0 Å². The van der Waals surface area contributed by atoms with Crippen LogP contribution in [0.4, 0.5) is 15.8 Å². The van der Waals surface area contributed by atoms with E-state index in [0.29, 0.717) is 35.3 Å². The maximum Gasteiger partial charge on any atom is 0.258 e. The summed E-state index contributed by atoms with van der Waals surface area (Å²) < 4.78 is 14.7. The summed E-state index contributed by atoms with van der Waals surface area (Å²) in [5, 5.41) is 0. The highest BCUT2D eigenvalue weighted by atomic mass is 79.9. The van der Waals surface area contributed by atoms with Gasteiger partial charge in [-0.2, -0.15) is 0 Å². The molecule has 5 rings (SSSR count). The Labute approximate surface area is 206 Å². The van der Waals surface area contributed by atoms with Crippen LogP contribution < -0.4 is 4.90 Å². The van der Waals surface area contributed by atoms with Crippen molar-refractivity contribution in [3.8, 4) is 0 Å². The highest BCUT2D eigenvalue weighted by Crippen LogP contribution is 2.48. The lowest BCUT2D eigenvalue weighted by Gasteiger charge is -2.41. The molecule has 1 saturated carbocycles. The molecule has 1 heterocycles. The molecule has 34 heavy (non-hydrogen) atoms. The summed E-state index contributed by atoms with van der Waals surface area (Å²) in [6.45, 7) is 4.14. The normalized spacial score (nSPS) is 21.2. The average Bonchev–Trinajstić information content (AvgIpc) is 2.93. The molecule has 0 saturated heterocycles. The van der Waals surface area contributed by atoms with E-state index in [2.05, 4.69) is 29.8 Å². The predicted molar refractivity (Wildman–Crippen MR) is 135 cm³/mol. The maximum absolute atomic E-state index is 14.1. The molecule has 0 radical (unpaired) electrons. The first-order valence-corrected chi connectivity index (χ1v) is 12.1. The van der Waals surface area contributed by atoms with E-state index in [1.165, 1.54) is 12.1 Å². The monoisotopic (exact) mass is 518 g/mol. The fourth-order valence-corrected chi connectivity index (χ4v) is 5.35. The number of aliphatic imine (C=N–C) groups is 1. The number of Topliss-reactive ketones (excluding diaryl/α,β-unsaturated/α-hetero) is 1. The van der Waals surface area contributed by atoms with Crippen molar-refractivity contribution in [2.24, 2.45) is 16.3 Å². The molecule has 6 heteroatoms. The molecule has 3 aromatic rings. The smallest absolute Gasteiger partial charge is 0.258 e. The molecule has 1 fully saturated rings. The second kappa shape index (κ2) is 8.58. The van der Waals surface area contributed by atoms with Gasteiger partial charge in [0, 0.05) is 22.2 Å². The first kappa shape index (κ1) is 22.7. The summed E-state index contributed by atoms with van der Waals surface area (Å²) in [5.74, 6) is -1.16. The zero-order valence-corrected chi connectivity index (χ0v) is 20.5. The van der Waals surface area contributed by atoms with Crippen molar-refractivity contribution in [1.29, 1.82) is 0 Å². The number of hydrogen-bond donors (Lipinski definition) is 0. The number of nitrogens with zero attached hydrogens (tertiary/aromatic N) is 2. The van der Waals surface area contributed by atoms with Crippen LogP contribution in [0.3, 0.4) is 0 Å². The molecule has 0 spiro atoms. The first-order valence-electron chi connectivity index (χ1n) is 11.3. The summed E-state index contributed by atoms with van der Waals surface area (Å²) in [5.41, 5.74) is 3.04. The lowest BCUT2D eigenvalue weighted by Crippen LogP contribution is -2.47. The molecule has 2 aliphatic rings. The number of rotatable bonds is 2. The molecular formula is C28H24BrFN2O2. The van der Waals surface area contributed by atoms with Gasteiger partial charge in [0.15, 0.2) is 0 Å². The van der Waals surface area contributed by atoms with Gasteiger partial charge in [-0.25, -0.2) is 4.39 Å². The number of amides is 1. The standard InChI is InChI=1S/C28H24BrFN2O2/c1-28(2)15-22-25(24(33)16-28)26(17-9-13-20(30)14-10-17)32(23-6-4-3-5-21(23)31-22)27(34)18-7-11-19(29)12-8-18/h3-14,25-26H,15-16H2,1-2H3/t25-,26+/m0/s1. The molecule has 1 aliphatic heterocycles. The third-order valence-corrected chi connectivity index (χ3v) is 7.07. The van der Waals surface area contributed by atoms with Crippen LogP contribution in [0.25, 0.3) is 0 Å². The Morgan fingerprint density at radius 1 is 1.00 bits per heavy atom. The van der Waals surface area contributed by atoms with Crippen LogP contribution in [0.15, 0.2) is 82.3 Å². The second-order valence-corrected chi connectivity index (χ2v) is 10.6. The molecule has 4 nitrogen and oxygen atoms in total. The number of hydrogen-bond acceptors (Lipinski definition) is 3. The van der Waals surface area contributed by atoms with Gasteiger partial charge in [0.05, 0.1) is 23.3 Å². The number of benzene rings is 3. The maximum atomic E-state index is 14.1. The van der Waals surface area contributed by atoms with Crippen LogP contribution in [0.2, 0.25) is 0 Å². The molecular weight excluding hydrogens is 495 g/mol. The molecule has 0 unspecified atom stereocenters. The Balaban J connectivity index is 1.75. The fourth-order valence-electron chi connectivity index (χ4n) is 5.08. The van der Waals surface area contributed by atoms with Gasteiger partial charge >= 0.3 is 0 Å². The van der Waals surface area contributed by atoms with Crippen molar-refractivity contribution in [3.63, 3.8) is 0 Å². The Morgan fingerprint density at radius 2 is 1.68 bits per heavy atom. The van der Waals surface area contributed by atoms with Gasteiger partial charge in [-0.05, 0) is 65.9 Å². The van der Waals surface area contributed by atoms with Gasteiger partial charge in [0.2, 0.25) is 0 Å². The molecule has 1 aliphatic carbocycles. The predicted octanol–water partition coefficient (Wildman–Crippen LogP) is 7.07. The van der Waals surface area contributed by atoms with E-state index in [4.69, 9.17) is 4.99 Å². The third kappa shape index (κ3) is 4.11. The van der Waals surface area contributed by atoms with E-state index >= 15 is 0 Å². The highest BCUT2D eigenvalue weighted by molar-refractivity contribution is 9.10. The van der Waals surface area contributed by atoms with Gasteiger partial charge in [-0.3, -0.25) is 19.5 Å². The van der Waals surface area contributed by atoms with Crippen LogP contribution in [0.1, 0.15) is 48.7 Å². The van der Waals surface area contributed by atoms with Crippen molar-refractivity contribution in [2.75, 3.05) is 4.90 Å². The SMILES string of the molecule is CC1(C)CC(=O)[C@@H]2C(=Nc3ccccc3N(C(=O)c3ccc(Br)cc3)[C@@H]2c2ccc(F)cc2)C1. The van der Waals surface area contributed by atoms with Gasteiger partial charge < -0.3 is 0 Å². The Morgan fingerprint density at radius 3 is 2.38 bits per heavy atom. The van der Waals surface area contributed by atoms with Gasteiger partial charge in [0.25, 0.3) is 5.91 Å². The quantitative estimate of drug-likeness (QED) is 0.364. The largest absolute Gasteiger partial charge is 0.299 e. The minimum Gasteiger partial charge on any atom is -0.299 e. The van der Waals surface area contributed by atoms with Crippen LogP contribution in [0, 0.1) is 17.2 Å². The Hall–Kier alpha value is -3.12. The van der Waals surface area contributed by atoms with E-state index in [1.807, 2.05) is 36.4 Å². The zero-order chi connectivity index (χ0) is 24.0. The molecule has 3 aromatic carbocycles. The number of anilines is 1. The second-order valence-electron chi connectivity index (χ2n) is 9.73. The molecule has 0 aromatic heterocycles. The van der Waals surface area contributed by atoms with E-state index in [1.54, 1.807) is 29.2 Å². The average molecular weight is 519 g/mol. The van der Waals surface area contributed by atoms with Crippen molar-refractivity contribution >= 4 is 44.7 Å². The van der Waals surface area contributed by atoms with Crippen LogP contribution in [0.5, 0.6) is 0 Å². The number of para-hydroxylation sites is 2. The van der Waals surface area contributed by atoms with Crippen molar-refractivity contribution < 1.29 is 14.0 Å². The van der Waals surface area contributed by atoms with Gasteiger partial charge in [-0.15, -0.1) is 0 Å². The zero-order valence-electron chi connectivity index (χ0n) is 19.0. The first-order chi connectivity index (χ1) is 16.2. The van der Waals surface area contributed by atoms with Crippen LogP contribution in [-0.2, 0) is 4.79 Å². The lowest BCUT2D eigenvalue weighted by molar-refractivity contribution is -0.124. The summed E-state index contributed by atoms with van der Waals surface area (Å²) in [7, 11) is 0. The minimum atomic E-state index is -0.636. The summed E-state index contributed by atoms with van der Waals surface area (Å²) >= 11 is 3.42. The third-order valence-electron chi connectivity index (χ3n) is 6.54. The van der Waals surface area contributed by atoms with E-state index in [9.17, 15) is 14.0 Å². The van der Waals surface area contributed by atoms with Crippen molar-refractivity contribution in [2.45, 2.75) is 32.7 Å². The molecule has 0 N–H and O–H groups in total. The van der Waals surface area contributed by atoms with Crippen molar-refractivity contribution in [1.82, 2.24) is 0 Å². The van der Waals surface area contributed by atoms with Crippen LogP contribution in [-0.4, -0.2) is 17.4 Å². The number of carbonyl (C=O) groups is 2. The molecule has 2 atom stereocenters. The lowest BCUT2D eigenvalue weighted by atomic mass is 9.68. The van der Waals surface area contributed by atoms with E-state index in [-0.39, 0.29) is 22.9 Å². The van der Waals surface area contributed by atoms with E-state index in [0.717, 1.165) is 10.2 Å². The summed E-state index contributed by atoms with van der Waals surface area (Å²) in [6, 6.07) is 20.1. The minimum absolute atomic E-state index is 0.0470. The number of halogens is 2. The Kier molecular flexibility index (Phi) is 5.72. The number of carbonyl (C=O) groups excluding carboxylic acids is 2. The van der Waals surface area contributed by atoms with Gasteiger partial charge in [-0.1, -0.05) is 54.0 Å². The molecule has 172 valence electrons. The Bertz CT molecular complexity index is 1300. The number of ketones is 1. The van der Waals surface area contributed by atoms with Crippen molar-refractivity contribution in [3.05, 3.63) is 94.2 Å². The van der Waals surface area contributed by atoms with Crippen LogP contribution >= 0.6 is 15.9 Å². The summed E-state index contributed by atoms with van der Waals surface area (Å²) in [4.78, 5) is 34.4. The topological polar surface area (TPSA) is 49.7 Å². The molecule has 0 bridgehead atoms. The van der Waals surface area contributed by atoms with Gasteiger partial charge in [0.1, 0.15) is 11.6 Å². The number of fused-ring (bicyclic) bond motifs is 2. The molecule has 1 amide bonds. The fraction of sp³-hybridized carbons (Fsp3) is 0.250. The summed E-state index contributed by atoms with van der Waals surface area (Å²) in [6.07, 6.45) is 1.04.